The highest BCUT2D eigenvalue weighted by molar-refractivity contribution is 5.76. The highest BCUT2D eigenvalue weighted by Crippen LogP contribution is 2.31. The van der Waals surface area contributed by atoms with Gasteiger partial charge in [-0.05, 0) is 43.4 Å². The van der Waals surface area contributed by atoms with Crippen LogP contribution in [0.4, 0.5) is 0 Å². The second-order valence-corrected chi connectivity index (χ2v) is 7.15. The van der Waals surface area contributed by atoms with Crippen molar-refractivity contribution in [2.45, 2.75) is 44.9 Å². The molecule has 3 heterocycles. The molecule has 2 aliphatic heterocycles. The van der Waals surface area contributed by atoms with Crippen LogP contribution in [0, 0.1) is 6.92 Å². The molecule has 0 spiro atoms. The first-order valence-electron chi connectivity index (χ1n) is 9.65. The van der Waals surface area contributed by atoms with Gasteiger partial charge < -0.3 is 18.8 Å². The second-order valence-electron chi connectivity index (χ2n) is 7.15. The lowest BCUT2D eigenvalue weighted by atomic mass is 9.96. The Morgan fingerprint density at radius 3 is 2.67 bits per heavy atom. The van der Waals surface area contributed by atoms with Gasteiger partial charge in [-0.2, -0.15) is 0 Å². The second kappa shape index (κ2) is 7.98. The molecule has 1 fully saturated rings. The zero-order valence-corrected chi connectivity index (χ0v) is 15.6. The lowest BCUT2D eigenvalue weighted by molar-refractivity contribution is -0.132. The van der Waals surface area contributed by atoms with E-state index in [1.165, 1.54) is 5.56 Å². The van der Waals surface area contributed by atoms with Crippen molar-refractivity contribution in [2.24, 2.45) is 0 Å². The summed E-state index contributed by atoms with van der Waals surface area (Å²) in [6.07, 6.45) is 4.03. The van der Waals surface area contributed by atoms with E-state index in [-0.39, 0.29) is 11.8 Å². The number of carbonyl (C=O) groups excluding carboxylic acids is 1. The fraction of sp³-hybridized carbons (Fsp3) is 0.550. The number of rotatable bonds is 5. The van der Waals surface area contributed by atoms with E-state index in [2.05, 4.69) is 16.3 Å². The predicted octanol–water partition coefficient (Wildman–Crippen LogP) is 2.88. The van der Waals surface area contributed by atoms with Gasteiger partial charge in [0.25, 0.3) is 0 Å². The third kappa shape index (κ3) is 4.23. The van der Waals surface area contributed by atoms with Crippen molar-refractivity contribution in [1.82, 2.24) is 15.1 Å². The minimum Gasteiger partial charge on any atom is -0.486 e. The molecular weight excluding hydrogens is 346 g/mol. The van der Waals surface area contributed by atoms with Crippen LogP contribution < -0.4 is 9.47 Å². The van der Waals surface area contributed by atoms with Gasteiger partial charge in [-0.1, -0.05) is 6.07 Å². The molecule has 1 aromatic heterocycles. The number of nitrogens with zero attached hydrogens (tertiary/aromatic N) is 3. The van der Waals surface area contributed by atoms with E-state index in [1.807, 2.05) is 17.0 Å². The van der Waals surface area contributed by atoms with Crippen LogP contribution in [0.5, 0.6) is 11.5 Å². The summed E-state index contributed by atoms with van der Waals surface area (Å²) in [5.74, 6) is 3.42. The third-order valence-corrected chi connectivity index (χ3v) is 5.20. The van der Waals surface area contributed by atoms with Crippen molar-refractivity contribution < 1.29 is 18.7 Å². The van der Waals surface area contributed by atoms with Crippen LogP contribution in [0.1, 0.15) is 48.9 Å². The number of hydrogen-bond acceptors (Lipinski definition) is 6. The highest BCUT2D eigenvalue weighted by atomic mass is 16.6. The van der Waals surface area contributed by atoms with Gasteiger partial charge in [0, 0.05) is 32.4 Å². The van der Waals surface area contributed by atoms with Crippen molar-refractivity contribution in [3.8, 4) is 11.5 Å². The first-order valence-corrected chi connectivity index (χ1v) is 9.65. The van der Waals surface area contributed by atoms with Crippen LogP contribution in [0.15, 0.2) is 22.6 Å². The maximum atomic E-state index is 12.5. The lowest BCUT2D eigenvalue weighted by Crippen LogP contribution is -2.37. The van der Waals surface area contributed by atoms with E-state index in [1.54, 1.807) is 6.92 Å². The Hall–Kier alpha value is -2.57. The minimum atomic E-state index is 0.229. The lowest BCUT2D eigenvalue weighted by Gasteiger charge is -2.30. The number of aromatic nitrogens is 2. The van der Waals surface area contributed by atoms with Crippen molar-refractivity contribution in [1.29, 1.82) is 0 Å². The number of ether oxygens (including phenoxy) is 2. The molecule has 0 bridgehead atoms. The van der Waals surface area contributed by atoms with Gasteiger partial charge >= 0.3 is 0 Å². The van der Waals surface area contributed by atoms with Gasteiger partial charge in [-0.25, -0.2) is 0 Å². The molecule has 0 atom stereocenters. The van der Waals surface area contributed by atoms with Crippen LogP contribution in [-0.2, 0) is 11.2 Å². The fourth-order valence-corrected chi connectivity index (χ4v) is 3.70. The van der Waals surface area contributed by atoms with Crippen LogP contribution in [0.3, 0.4) is 0 Å². The average Bonchev–Trinajstić information content (AvgIpc) is 3.14. The minimum absolute atomic E-state index is 0.229. The zero-order valence-electron chi connectivity index (χ0n) is 15.6. The molecule has 1 aromatic carbocycles. The smallest absolute Gasteiger partial charge is 0.222 e. The molecule has 4 rings (SSSR count). The van der Waals surface area contributed by atoms with E-state index in [0.717, 1.165) is 50.3 Å². The number of hydrogen-bond donors (Lipinski definition) is 0. The molecule has 2 aromatic rings. The number of fused-ring (bicyclic) bond motifs is 1. The van der Waals surface area contributed by atoms with E-state index in [4.69, 9.17) is 13.9 Å². The Morgan fingerprint density at radius 2 is 1.93 bits per heavy atom. The molecule has 144 valence electrons. The molecule has 7 nitrogen and oxygen atoms in total. The summed E-state index contributed by atoms with van der Waals surface area (Å²) in [5, 5.41) is 8.01. The van der Waals surface area contributed by atoms with Crippen LogP contribution in [-0.4, -0.2) is 47.3 Å². The van der Waals surface area contributed by atoms with Crippen molar-refractivity contribution in [2.75, 3.05) is 26.3 Å². The first-order chi connectivity index (χ1) is 13.2. The SMILES string of the molecule is Cc1nnc(C2CCN(C(=O)CCCc3ccc4c(c3)OCCO4)CC2)o1. The largest absolute Gasteiger partial charge is 0.486 e. The number of benzene rings is 1. The van der Waals surface area contributed by atoms with Crippen LogP contribution >= 0.6 is 0 Å². The fourth-order valence-electron chi connectivity index (χ4n) is 3.70. The van der Waals surface area contributed by atoms with Crippen molar-refractivity contribution >= 4 is 5.91 Å². The summed E-state index contributed by atoms with van der Waals surface area (Å²) in [4.78, 5) is 14.5. The van der Waals surface area contributed by atoms with Gasteiger partial charge in [0.15, 0.2) is 11.5 Å². The molecule has 0 unspecified atom stereocenters. The molecule has 0 aliphatic carbocycles. The molecule has 0 N–H and O–H groups in total. The van der Waals surface area contributed by atoms with E-state index in [0.29, 0.717) is 31.4 Å². The van der Waals surface area contributed by atoms with Gasteiger partial charge in [0.1, 0.15) is 13.2 Å². The number of amides is 1. The normalized spacial score (nSPS) is 17.1. The first kappa shape index (κ1) is 17.8. The van der Waals surface area contributed by atoms with Crippen molar-refractivity contribution in [3.05, 3.63) is 35.5 Å². The summed E-state index contributed by atoms with van der Waals surface area (Å²) >= 11 is 0. The molecule has 7 heteroatoms. The van der Waals surface area contributed by atoms with Gasteiger partial charge in [0.2, 0.25) is 17.7 Å². The Balaban J connectivity index is 1.22. The summed E-state index contributed by atoms with van der Waals surface area (Å²) in [6, 6.07) is 6.03. The molecule has 2 aliphatic rings. The Morgan fingerprint density at radius 1 is 1.15 bits per heavy atom. The van der Waals surface area contributed by atoms with Gasteiger partial charge in [0.05, 0.1) is 0 Å². The standard InChI is InChI=1S/C20H25N3O4/c1-14-21-22-20(27-14)16-7-9-23(10-8-16)19(24)4-2-3-15-5-6-17-18(13-15)26-12-11-25-17/h5-6,13,16H,2-4,7-12H2,1H3. The van der Waals surface area contributed by atoms with E-state index < -0.39 is 0 Å². The number of likely N-dealkylation sites (tertiary alicyclic amines) is 1. The number of aryl methyl sites for hydroxylation is 2. The van der Waals surface area contributed by atoms with Gasteiger partial charge in [-0.3, -0.25) is 4.79 Å². The monoisotopic (exact) mass is 371 g/mol. The molecule has 0 radical (unpaired) electrons. The number of piperidine rings is 1. The number of carbonyl (C=O) groups is 1. The molecule has 1 saturated heterocycles. The maximum absolute atomic E-state index is 12.5. The Labute approximate surface area is 158 Å². The highest BCUT2D eigenvalue weighted by Gasteiger charge is 2.26. The molecule has 1 amide bonds. The third-order valence-electron chi connectivity index (χ3n) is 5.20. The summed E-state index contributed by atoms with van der Waals surface area (Å²) in [7, 11) is 0. The van der Waals surface area contributed by atoms with Crippen molar-refractivity contribution in [3.63, 3.8) is 0 Å². The Kier molecular flexibility index (Phi) is 5.27. The zero-order chi connectivity index (χ0) is 18.6. The average molecular weight is 371 g/mol. The van der Waals surface area contributed by atoms with Crippen LogP contribution in [0.2, 0.25) is 0 Å². The molecule has 0 saturated carbocycles. The summed E-state index contributed by atoms with van der Waals surface area (Å²) in [5.41, 5.74) is 1.18. The van der Waals surface area contributed by atoms with E-state index >= 15 is 0 Å². The molecular formula is C20H25N3O4. The molecule has 27 heavy (non-hydrogen) atoms. The summed E-state index contributed by atoms with van der Waals surface area (Å²) in [6.45, 7) is 4.51. The van der Waals surface area contributed by atoms with Gasteiger partial charge in [-0.15, -0.1) is 10.2 Å². The summed E-state index contributed by atoms with van der Waals surface area (Å²) < 4.78 is 16.7. The van der Waals surface area contributed by atoms with E-state index in [9.17, 15) is 4.79 Å². The maximum Gasteiger partial charge on any atom is 0.222 e. The quantitative estimate of drug-likeness (QED) is 0.804. The predicted molar refractivity (Wildman–Crippen MR) is 98.0 cm³/mol. The van der Waals surface area contributed by atoms with Crippen LogP contribution in [0.25, 0.3) is 0 Å². The topological polar surface area (TPSA) is 77.7 Å². The Bertz CT molecular complexity index is 796.